The molecule has 202 valence electrons. The van der Waals surface area contributed by atoms with Crippen LogP contribution in [0.3, 0.4) is 0 Å². The summed E-state index contributed by atoms with van der Waals surface area (Å²) in [6.45, 7) is 2.20. The van der Waals surface area contributed by atoms with Crippen molar-refractivity contribution in [2.75, 3.05) is 0 Å². The largest absolute Gasteiger partial charge is 0.326 e. The Labute approximate surface area is 248 Å². The molecule has 41 heavy (non-hydrogen) atoms. The third-order valence-electron chi connectivity index (χ3n) is 7.94. The fraction of sp³-hybridized carbons (Fsp3) is 0.108. The molecule has 0 saturated carbocycles. The molecular weight excluding hydrogens is 511 g/mol. The fourth-order valence-corrected chi connectivity index (χ4v) is 7.85. The number of aryl methyl sites for hydroxylation is 1. The third-order valence-corrected chi connectivity index (χ3v) is 10.5. The molecule has 0 aliphatic rings. The van der Waals surface area contributed by atoms with Crippen LogP contribution in [0.4, 0.5) is 0 Å². The highest BCUT2D eigenvalue weighted by Crippen LogP contribution is 2.33. The predicted molar refractivity (Wildman–Crippen MR) is 179 cm³/mol. The average Bonchev–Trinajstić information content (AvgIpc) is 3.61. The van der Waals surface area contributed by atoms with E-state index < -0.39 is 9.52 Å². The predicted octanol–water partition coefficient (Wildman–Crippen LogP) is 6.10. The van der Waals surface area contributed by atoms with E-state index in [1.807, 2.05) is 12.5 Å². The molecule has 6 rings (SSSR count). The van der Waals surface area contributed by atoms with Gasteiger partial charge in [0.25, 0.3) is 0 Å². The van der Waals surface area contributed by atoms with Gasteiger partial charge in [-0.2, -0.15) is 0 Å². The molecule has 2 nitrogen and oxygen atoms in total. The van der Waals surface area contributed by atoms with E-state index in [1.165, 1.54) is 33.0 Å². The van der Waals surface area contributed by atoms with Crippen LogP contribution in [-0.2, 0) is 11.6 Å². The summed E-state index contributed by atoms with van der Waals surface area (Å²) >= 11 is 0. The zero-order valence-corrected chi connectivity index (χ0v) is 25.4. The lowest BCUT2D eigenvalue weighted by Crippen LogP contribution is -2.46. The minimum absolute atomic E-state index is 0.202. The summed E-state index contributed by atoms with van der Waals surface area (Å²) in [6, 6.07) is 52.1. The Balaban J connectivity index is 0.000000202. The first kappa shape index (κ1) is 28.1. The summed E-state index contributed by atoms with van der Waals surface area (Å²) in [6.07, 6.45) is 7.03. The molecular formula is C37H37BN2Si. The van der Waals surface area contributed by atoms with E-state index in [2.05, 4.69) is 176 Å². The lowest BCUT2D eigenvalue weighted by Gasteiger charge is -2.37. The van der Waals surface area contributed by atoms with Crippen molar-refractivity contribution in [1.82, 2.24) is 9.55 Å². The molecule has 0 aliphatic heterocycles. The summed E-state index contributed by atoms with van der Waals surface area (Å²) in [5.41, 5.74) is 6.78. The van der Waals surface area contributed by atoms with Gasteiger partial charge in [-0.05, 0) is 40.1 Å². The Kier molecular flexibility index (Phi) is 9.46. The first-order valence-corrected chi connectivity index (χ1v) is 15.9. The molecule has 0 bridgehead atoms. The summed E-state index contributed by atoms with van der Waals surface area (Å²) in [5, 5.41) is 1.25. The van der Waals surface area contributed by atoms with Gasteiger partial charge < -0.3 is 4.57 Å². The minimum atomic E-state index is -0.770. The normalized spacial score (nSPS) is 11.4. The smallest absolute Gasteiger partial charge is 0.116 e. The van der Waals surface area contributed by atoms with Crippen molar-refractivity contribution in [2.45, 2.75) is 24.3 Å². The van der Waals surface area contributed by atoms with Gasteiger partial charge in [-0.25, -0.2) is 4.98 Å². The molecule has 0 amide bonds. The van der Waals surface area contributed by atoms with E-state index >= 15 is 0 Å². The van der Waals surface area contributed by atoms with Gasteiger partial charge in [0.05, 0.1) is 21.0 Å². The summed E-state index contributed by atoms with van der Waals surface area (Å²) in [7, 11) is 1.47. The van der Waals surface area contributed by atoms with Crippen LogP contribution in [0.25, 0.3) is 0 Å². The summed E-state index contributed by atoms with van der Waals surface area (Å²) < 4.78 is 2.30. The molecule has 0 atom stereocenters. The van der Waals surface area contributed by atoms with Crippen LogP contribution in [0.15, 0.2) is 164 Å². The lowest BCUT2D eigenvalue weighted by atomic mass is 9.76. The number of rotatable bonds is 8. The van der Waals surface area contributed by atoms with Crippen molar-refractivity contribution in [3.8, 4) is 0 Å². The van der Waals surface area contributed by atoms with Crippen LogP contribution in [0, 0.1) is 0 Å². The van der Waals surface area contributed by atoms with E-state index in [4.69, 9.17) is 0 Å². The number of benzene rings is 5. The van der Waals surface area contributed by atoms with Gasteiger partial charge in [-0.15, -0.1) is 0 Å². The molecule has 0 radical (unpaired) electrons. The fourth-order valence-electron chi connectivity index (χ4n) is 5.54. The van der Waals surface area contributed by atoms with Crippen LogP contribution >= 0.6 is 0 Å². The summed E-state index contributed by atoms with van der Waals surface area (Å²) in [5.74, 6) is 0.484. The van der Waals surface area contributed by atoms with Gasteiger partial charge in [0.1, 0.15) is 7.85 Å². The second-order valence-corrected chi connectivity index (χ2v) is 12.6. The van der Waals surface area contributed by atoms with Crippen molar-refractivity contribution in [1.29, 1.82) is 0 Å². The molecule has 1 aromatic heterocycles. The quantitative estimate of drug-likeness (QED) is 0.210. The molecule has 0 N–H and O–H groups in total. The van der Waals surface area contributed by atoms with Crippen LogP contribution in [-0.4, -0.2) is 26.9 Å². The number of nitrogens with zero attached hydrogens (tertiary/aromatic N) is 2. The van der Waals surface area contributed by atoms with Gasteiger partial charge >= 0.3 is 0 Å². The SMILES string of the molecule is BC(c1ccccc1)c1ccccc1.CCc1ccc([SiH2]C(c2ccccc2)(c2ccccc2)n2ccnc2)cc1. The standard InChI is InChI=1S/C24H24N2Si.C13H13B/c1-2-20-13-15-23(16-14-20)27-24(26-18-17-25-19-26,21-9-5-3-6-10-21)22-11-7-4-8-12-22;14-13(11-7-3-1-4-8-11)12-9-5-2-6-10-12/h3-19H,2,27H2,1H3;1-10,13H,14H2. The monoisotopic (exact) mass is 548 g/mol. The minimum Gasteiger partial charge on any atom is -0.326 e. The van der Waals surface area contributed by atoms with Crippen molar-refractivity contribution in [3.63, 3.8) is 0 Å². The highest BCUT2D eigenvalue weighted by atomic mass is 28.2. The Morgan fingerprint density at radius 3 is 1.54 bits per heavy atom. The van der Waals surface area contributed by atoms with E-state index in [0.29, 0.717) is 5.82 Å². The maximum Gasteiger partial charge on any atom is 0.116 e. The zero-order chi connectivity index (χ0) is 28.3. The Hall–Kier alpha value is -4.41. The number of hydrogen-bond acceptors (Lipinski definition) is 1. The third kappa shape index (κ3) is 6.67. The molecule has 0 unspecified atom stereocenters. The van der Waals surface area contributed by atoms with Crippen molar-refractivity contribution < 1.29 is 0 Å². The Morgan fingerprint density at radius 2 is 1.12 bits per heavy atom. The van der Waals surface area contributed by atoms with Crippen molar-refractivity contribution >= 4 is 22.6 Å². The van der Waals surface area contributed by atoms with Crippen LogP contribution in [0.5, 0.6) is 0 Å². The Morgan fingerprint density at radius 1 is 0.659 bits per heavy atom. The molecule has 0 saturated heterocycles. The van der Waals surface area contributed by atoms with E-state index in [0.717, 1.165) is 6.42 Å². The maximum atomic E-state index is 4.39. The molecule has 1 heterocycles. The molecule has 0 spiro atoms. The highest BCUT2D eigenvalue weighted by Gasteiger charge is 2.36. The van der Waals surface area contributed by atoms with Gasteiger partial charge in [-0.3, -0.25) is 0 Å². The molecule has 0 fully saturated rings. The average molecular weight is 549 g/mol. The van der Waals surface area contributed by atoms with Gasteiger partial charge in [0, 0.05) is 12.4 Å². The van der Waals surface area contributed by atoms with Gasteiger partial charge in [0.2, 0.25) is 0 Å². The highest BCUT2D eigenvalue weighted by molar-refractivity contribution is 6.57. The topological polar surface area (TPSA) is 17.8 Å². The summed E-state index contributed by atoms with van der Waals surface area (Å²) in [4.78, 5) is 4.39. The number of aromatic nitrogens is 2. The van der Waals surface area contributed by atoms with Crippen molar-refractivity contribution in [2.24, 2.45) is 0 Å². The lowest BCUT2D eigenvalue weighted by molar-refractivity contribution is 0.596. The van der Waals surface area contributed by atoms with Crippen LogP contribution < -0.4 is 5.19 Å². The number of imidazole rings is 1. The molecule has 6 aromatic rings. The Bertz CT molecular complexity index is 1490. The van der Waals surface area contributed by atoms with E-state index in [-0.39, 0.29) is 5.16 Å². The first-order valence-electron chi connectivity index (χ1n) is 14.5. The zero-order valence-electron chi connectivity index (χ0n) is 24.0. The molecule has 5 aromatic carbocycles. The number of hydrogen-bond donors (Lipinski definition) is 0. The second kappa shape index (κ2) is 13.8. The first-order chi connectivity index (χ1) is 20.2. The van der Waals surface area contributed by atoms with Crippen LogP contribution in [0.1, 0.15) is 40.6 Å². The van der Waals surface area contributed by atoms with Gasteiger partial charge in [-0.1, -0.05) is 158 Å². The van der Waals surface area contributed by atoms with E-state index in [1.54, 1.807) is 0 Å². The second-order valence-electron chi connectivity index (χ2n) is 10.5. The molecule has 4 heteroatoms. The van der Waals surface area contributed by atoms with Crippen LogP contribution in [0.2, 0.25) is 0 Å². The van der Waals surface area contributed by atoms with E-state index in [9.17, 15) is 0 Å². The van der Waals surface area contributed by atoms with Crippen molar-refractivity contribution in [3.05, 3.63) is 192 Å². The molecule has 0 aliphatic carbocycles. The maximum absolute atomic E-state index is 4.39. The van der Waals surface area contributed by atoms with Gasteiger partial charge in [0.15, 0.2) is 0 Å².